The van der Waals surface area contributed by atoms with Gasteiger partial charge in [0.05, 0.1) is 13.2 Å². The summed E-state index contributed by atoms with van der Waals surface area (Å²) in [6.07, 6.45) is 0. The molecule has 0 saturated carbocycles. The van der Waals surface area contributed by atoms with Crippen molar-refractivity contribution in [1.29, 1.82) is 0 Å². The van der Waals surface area contributed by atoms with Gasteiger partial charge in [-0.15, -0.1) is 0 Å². The lowest BCUT2D eigenvalue weighted by Crippen LogP contribution is -2.36. The number of benzene rings is 2. The van der Waals surface area contributed by atoms with Crippen molar-refractivity contribution in [1.82, 2.24) is 10.6 Å². The number of halogens is 2. The fourth-order valence-corrected chi connectivity index (χ4v) is 2.73. The van der Waals surface area contributed by atoms with Crippen molar-refractivity contribution >= 4 is 17.0 Å². The first kappa shape index (κ1) is 19.5. The molecule has 6 nitrogen and oxygen atoms in total. The van der Waals surface area contributed by atoms with Crippen LogP contribution in [-0.2, 0) is 6.54 Å². The van der Waals surface area contributed by atoms with Crippen LogP contribution in [0.2, 0.25) is 0 Å². The molecular weight excluding hydrogens is 370 g/mol. The molecule has 2 amide bonds. The first-order chi connectivity index (χ1) is 13.5. The number of ether oxygens (including phenoxy) is 2. The van der Waals surface area contributed by atoms with Gasteiger partial charge in [0.1, 0.15) is 11.3 Å². The van der Waals surface area contributed by atoms with E-state index in [4.69, 9.17) is 9.15 Å². The number of para-hydroxylation sites is 1. The quantitative estimate of drug-likeness (QED) is 0.618. The zero-order valence-corrected chi connectivity index (χ0v) is 15.4. The maximum atomic E-state index is 12.4. The monoisotopic (exact) mass is 390 g/mol. The fraction of sp³-hybridized carbons (Fsp3) is 0.250. The van der Waals surface area contributed by atoms with E-state index in [1.165, 1.54) is 19.2 Å². The van der Waals surface area contributed by atoms with Gasteiger partial charge >= 0.3 is 12.6 Å². The number of methoxy groups -OCH3 is 1. The van der Waals surface area contributed by atoms with Crippen LogP contribution < -0.4 is 20.1 Å². The van der Waals surface area contributed by atoms with Crippen molar-refractivity contribution in [2.75, 3.05) is 7.11 Å². The van der Waals surface area contributed by atoms with Crippen LogP contribution in [-0.4, -0.2) is 19.8 Å². The van der Waals surface area contributed by atoms with Crippen molar-refractivity contribution in [2.24, 2.45) is 0 Å². The summed E-state index contributed by atoms with van der Waals surface area (Å²) in [5, 5.41) is 6.47. The Labute approximate surface area is 160 Å². The smallest absolute Gasteiger partial charge is 0.387 e. The van der Waals surface area contributed by atoms with Gasteiger partial charge in [-0.2, -0.15) is 8.78 Å². The molecule has 0 aliphatic carbocycles. The normalized spacial score (nSPS) is 12.0. The van der Waals surface area contributed by atoms with Crippen molar-refractivity contribution in [3.05, 3.63) is 59.9 Å². The van der Waals surface area contributed by atoms with Gasteiger partial charge in [0, 0.05) is 11.9 Å². The Morgan fingerprint density at radius 2 is 1.93 bits per heavy atom. The van der Waals surface area contributed by atoms with Gasteiger partial charge in [0.25, 0.3) is 0 Å². The van der Waals surface area contributed by atoms with Gasteiger partial charge in [-0.1, -0.05) is 24.3 Å². The van der Waals surface area contributed by atoms with E-state index < -0.39 is 6.61 Å². The maximum absolute atomic E-state index is 12.4. The molecule has 8 heteroatoms. The average Bonchev–Trinajstić information content (AvgIpc) is 3.11. The molecule has 1 unspecified atom stereocenters. The molecule has 28 heavy (non-hydrogen) atoms. The Kier molecular flexibility index (Phi) is 5.98. The minimum absolute atomic E-state index is 0.0655. The highest BCUT2D eigenvalue weighted by molar-refractivity contribution is 5.78. The topological polar surface area (TPSA) is 72.7 Å². The summed E-state index contributed by atoms with van der Waals surface area (Å²) >= 11 is 0. The van der Waals surface area contributed by atoms with Gasteiger partial charge in [-0.05, 0) is 36.8 Å². The van der Waals surface area contributed by atoms with Crippen LogP contribution in [0, 0.1) is 0 Å². The molecule has 0 bridgehead atoms. The lowest BCUT2D eigenvalue weighted by Gasteiger charge is -2.14. The van der Waals surface area contributed by atoms with E-state index in [0.717, 1.165) is 11.0 Å². The first-order valence-corrected chi connectivity index (χ1v) is 8.61. The van der Waals surface area contributed by atoms with E-state index in [0.29, 0.717) is 11.3 Å². The largest absolute Gasteiger partial charge is 0.493 e. The number of amides is 2. The first-order valence-electron chi connectivity index (χ1n) is 8.61. The molecule has 1 aromatic heterocycles. The Bertz CT molecular complexity index is 925. The third-order valence-corrected chi connectivity index (χ3v) is 4.12. The Morgan fingerprint density at radius 1 is 1.14 bits per heavy atom. The van der Waals surface area contributed by atoms with Crippen molar-refractivity contribution in [2.45, 2.75) is 26.1 Å². The molecule has 0 fully saturated rings. The van der Waals surface area contributed by atoms with E-state index in [9.17, 15) is 13.6 Å². The molecule has 148 valence electrons. The predicted molar refractivity (Wildman–Crippen MR) is 99.6 cm³/mol. The average molecular weight is 390 g/mol. The lowest BCUT2D eigenvalue weighted by molar-refractivity contribution is -0.0512. The maximum Gasteiger partial charge on any atom is 0.387 e. The SMILES string of the molecule is COc1cc(CNC(=O)NC(C)c2cc3ccccc3o2)ccc1OC(F)F. The van der Waals surface area contributed by atoms with Gasteiger partial charge in [-0.3, -0.25) is 0 Å². The molecule has 0 aliphatic rings. The number of hydrogen-bond donors (Lipinski definition) is 2. The number of carbonyl (C=O) groups is 1. The standard InChI is InChI=1S/C20H20F2N2O4/c1-12(17-10-14-5-3-4-6-15(14)27-17)24-20(25)23-11-13-7-8-16(28-19(21)22)18(9-13)26-2/h3-10,12,19H,11H2,1-2H3,(H2,23,24,25). The number of hydrogen-bond acceptors (Lipinski definition) is 4. The minimum Gasteiger partial charge on any atom is -0.493 e. The Hall–Kier alpha value is -3.29. The summed E-state index contributed by atoms with van der Waals surface area (Å²) in [6.45, 7) is -0.941. The zero-order chi connectivity index (χ0) is 20.1. The molecule has 2 N–H and O–H groups in total. The van der Waals surface area contributed by atoms with Crippen LogP contribution in [0.25, 0.3) is 11.0 Å². The van der Waals surface area contributed by atoms with E-state index in [2.05, 4.69) is 15.4 Å². The number of furan rings is 1. The van der Waals surface area contributed by atoms with E-state index in [-0.39, 0.29) is 30.1 Å². The second-order valence-corrected chi connectivity index (χ2v) is 6.10. The van der Waals surface area contributed by atoms with Crippen molar-refractivity contribution in [3.8, 4) is 11.5 Å². The number of urea groups is 1. The van der Waals surface area contributed by atoms with Crippen LogP contribution in [0.5, 0.6) is 11.5 Å². The number of carbonyl (C=O) groups excluding carboxylic acids is 1. The Balaban J connectivity index is 1.57. The minimum atomic E-state index is -2.94. The number of nitrogens with one attached hydrogen (secondary N) is 2. The third-order valence-electron chi connectivity index (χ3n) is 4.12. The molecule has 2 aromatic carbocycles. The third kappa shape index (κ3) is 4.70. The van der Waals surface area contributed by atoms with Gasteiger partial charge in [0.2, 0.25) is 0 Å². The van der Waals surface area contributed by atoms with Gasteiger partial charge < -0.3 is 24.5 Å². The zero-order valence-electron chi connectivity index (χ0n) is 15.4. The molecule has 0 radical (unpaired) electrons. The van der Waals surface area contributed by atoms with Crippen LogP contribution in [0.1, 0.15) is 24.3 Å². The summed E-state index contributed by atoms with van der Waals surface area (Å²) < 4.78 is 39.9. The molecule has 0 aliphatic heterocycles. The van der Waals surface area contributed by atoms with E-state index in [1.807, 2.05) is 37.3 Å². The molecule has 0 saturated heterocycles. The highest BCUT2D eigenvalue weighted by Gasteiger charge is 2.15. The van der Waals surface area contributed by atoms with Crippen LogP contribution >= 0.6 is 0 Å². The van der Waals surface area contributed by atoms with Gasteiger partial charge in [0.15, 0.2) is 11.5 Å². The number of rotatable bonds is 7. The summed E-state index contributed by atoms with van der Waals surface area (Å²) in [5.74, 6) is 0.742. The summed E-state index contributed by atoms with van der Waals surface area (Å²) in [6, 6.07) is 13.2. The predicted octanol–water partition coefficient (Wildman–Crippen LogP) is 4.60. The summed E-state index contributed by atoms with van der Waals surface area (Å²) in [4.78, 5) is 12.2. The van der Waals surface area contributed by atoms with Crippen LogP contribution in [0.3, 0.4) is 0 Å². The number of alkyl halides is 2. The molecule has 3 rings (SSSR count). The molecule has 1 heterocycles. The van der Waals surface area contributed by atoms with Crippen LogP contribution in [0.4, 0.5) is 13.6 Å². The van der Waals surface area contributed by atoms with Gasteiger partial charge in [-0.25, -0.2) is 4.79 Å². The van der Waals surface area contributed by atoms with Crippen molar-refractivity contribution < 1.29 is 27.5 Å². The Morgan fingerprint density at radius 3 is 2.64 bits per heavy atom. The molecular formula is C20H20F2N2O4. The number of fused-ring (bicyclic) bond motifs is 1. The fourth-order valence-electron chi connectivity index (χ4n) is 2.73. The molecule has 3 aromatic rings. The van der Waals surface area contributed by atoms with E-state index in [1.54, 1.807) is 6.07 Å². The summed E-state index contributed by atoms with van der Waals surface area (Å²) in [7, 11) is 1.35. The van der Waals surface area contributed by atoms with Crippen LogP contribution in [0.15, 0.2) is 52.9 Å². The second kappa shape index (κ2) is 8.60. The lowest BCUT2D eigenvalue weighted by atomic mass is 10.2. The second-order valence-electron chi connectivity index (χ2n) is 6.10. The molecule has 1 atom stereocenters. The van der Waals surface area contributed by atoms with Crippen molar-refractivity contribution in [3.63, 3.8) is 0 Å². The molecule has 0 spiro atoms. The highest BCUT2D eigenvalue weighted by Crippen LogP contribution is 2.29. The summed E-state index contributed by atoms with van der Waals surface area (Å²) in [5.41, 5.74) is 1.43. The highest BCUT2D eigenvalue weighted by atomic mass is 19.3. The van der Waals surface area contributed by atoms with E-state index >= 15 is 0 Å².